The molecule has 0 saturated heterocycles. The van der Waals surface area contributed by atoms with E-state index >= 15 is 0 Å². The first-order valence-electron chi connectivity index (χ1n) is 8.59. The minimum Gasteiger partial charge on any atom is -0.207 e. The van der Waals surface area contributed by atoms with Crippen LogP contribution in [0.4, 0.5) is 4.39 Å². The van der Waals surface area contributed by atoms with E-state index in [1.165, 1.54) is 11.1 Å². The molecule has 1 aliphatic rings. The molecule has 0 atom stereocenters. The summed E-state index contributed by atoms with van der Waals surface area (Å²) in [5.74, 6) is -0.171. The standard InChI is InChI=1S/C22H31F/c1-20(2,3)13-12-19-18(16-8-10-17(23)11-9-16)14-21(4,5)15-22(19,6)7/h8-13H,14-15H2,1-7H3/b13-12+. The highest BCUT2D eigenvalue weighted by Gasteiger charge is 2.38. The van der Waals surface area contributed by atoms with E-state index < -0.39 is 0 Å². The molecule has 0 bridgehead atoms. The summed E-state index contributed by atoms with van der Waals surface area (Å²) in [6, 6.07) is 6.99. The van der Waals surface area contributed by atoms with Crippen molar-refractivity contribution in [3.8, 4) is 0 Å². The van der Waals surface area contributed by atoms with Crippen molar-refractivity contribution in [2.75, 3.05) is 0 Å². The van der Waals surface area contributed by atoms with E-state index in [0.717, 1.165) is 18.4 Å². The minimum absolute atomic E-state index is 0.118. The third-order valence-electron chi connectivity index (χ3n) is 4.57. The lowest BCUT2D eigenvalue weighted by atomic mass is 9.61. The van der Waals surface area contributed by atoms with Gasteiger partial charge in [0.05, 0.1) is 0 Å². The number of allylic oxidation sites excluding steroid dienone is 4. The Morgan fingerprint density at radius 1 is 1.00 bits per heavy atom. The smallest absolute Gasteiger partial charge is 0.123 e. The van der Waals surface area contributed by atoms with Crippen LogP contribution in [-0.2, 0) is 0 Å². The summed E-state index contributed by atoms with van der Waals surface area (Å²) in [5.41, 5.74) is 4.45. The fourth-order valence-electron chi connectivity index (χ4n) is 3.90. The second-order valence-corrected chi connectivity index (χ2v) is 9.50. The Morgan fingerprint density at radius 2 is 1.57 bits per heavy atom. The zero-order valence-electron chi connectivity index (χ0n) is 15.8. The Labute approximate surface area is 141 Å². The fourth-order valence-corrected chi connectivity index (χ4v) is 3.90. The molecule has 0 spiro atoms. The van der Waals surface area contributed by atoms with Crippen LogP contribution in [0.1, 0.15) is 66.9 Å². The van der Waals surface area contributed by atoms with Crippen LogP contribution in [0.5, 0.6) is 0 Å². The van der Waals surface area contributed by atoms with Crippen LogP contribution in [0.3, 0.4) is 0 Å². The van der Waals surface area contributed by atoms with Crippen molar-refractivity contribution in [2.45, 2.75) is 61.3 Å². The van der Waals surface area contributed by atoms with E-state index in [9.17, 15) is 4.39 Å². The molecule has 2 rings (SSSR count). The molecule has 0 radical (unpaired) electrons. The van der Waals surface area contributed by atoms with Crippen LogP contribution in [0.15, 0.2) is 42.0 Å². The van der Waals surface area contributed by atoms with Crippen molar-refractivity contribution in [3.05, 3.63) is 53.4 Å². The first kappa shape index (κ1) is 18.0. The molecule has 0 aliphatic heterocycles. The lowest BCUT2D eigenvalue weighted by Gasteiger charge is -2.43. The van der Waals surface area contributed by atoms with Gasteiger partial charge in [-0.1, -0.05) is 72.8 Å². The molecule has 0 amide bonds. The average molecular weight is 314 g/mol. The maximum absolute atomic E-state index is 13.3. The van der Waals surface area contributed by atoms with Gasteiger partial charge >= 0.3 is 0 Å². The van der Waals surface area contributed by atoms with E-state index in [4.69, 9.17) is 0 Å². The predicted molar refractivity (Wildman–Crippen MR) is 98.7 cm³/mol. The van der Waals surface area contributed by atoms with Crippen LogP contribution in [-0.4, -0.2) is 0 Å². The third kappa shape index (κ3) is 4.56. The van der Waals surface area contributed by atoms with E-state index in [2.05, 4.69) is 60.6 Å². The van der Waals surface area contributed by atoms with Gasteiger partial charge in [-0.05, 0) is 57.9 Å². The topological polar surface area (TPSA) is 0 Å². The lowest BCUT2D eigenvalue weighted by Crippen LogP contribution is -2.30. The van der Waals surface area contributed by atoms with Crippen molar-refractivity contribution in [1.29, 1.82) is 0 Å². The summed E-state index contributed by atoms with van der Waals surface area (Å²) in [5, 5.41) is 0. The van der Waals surface area contributed by atoms with Gasteiger partial charge in [0.15, 0.2) is 0 Å². The van der Waals surface area contributed by atoms with Gasteiger partial charge in [0, 0.05) is 0 Å². The van der Waals surface area contributed by atoms with Crippen molar-refractivity contribution >= 4 is 5.57 Å². The number of benzene rings is 1. The van der Waals surface area contributed by atoms with Crippen LogP contribution < -0.4 is 0 Å². The maximum atomic E-state index is 13.3. The van der Waals surface area contributed by atoms with Gasteiger partial charge in [0.25, 0.3) is 0 Å². The Hall–Kier alpha value is -1.37. The molecule has 0 N–H and O–H groups in total. The second-order valence-electron chi connectivity index (χ2n) is 9.50. The summed E-state index contributed by atoms with van der Waals surface area (Å²) in [7, 11) is 0. The van der Waals surface area contributed by atoms with Gasteiger partial charge < -0.3 is 0 Å². The number of rotatable bonds is 2. The molecule has 1 heteroatoms. The quantitative estimate of drug-likeness (QED) is 0.549. The number of hydrogen-bond acceptors (Lipinski definition) is 0. The van der Waals surface area contributed by atoms with Gasteiger partial charge in [0.2, 0.25) is 0 Å². The van der Waals surface area contributed by atoms with Crippen LogP contribution in [0.25, 0.3) is 5.57 Å². The Bertz CT molecular complexity index is 619. The molecule has 1 aliphatic carbocycles. The zero-order valence-corrected chi connectivity index (χ0v) is 15.8. The third-order valence-corrected chi connectivity index (χ3v) is 4.57. The van der Waals surface area contributed by atoms with Gasteiger partial charge in [-0.25, -0.2) is 4.39 Å². The molecule has 0 unspecified atom stereocenters. The number of halogens is 1. The van der Waals surface area contributed by atoms with Crippen molar-refractivity contribution < 1.29 is 4.39 Å². The highest BCUT2D eigenvalue weighted by Crippen LogP contribution is 2.52. The lowest BCUT2D eigenvalue weighted by molar-refractivity contribution is 0.219. The Balaban J connectivity index is 2.61. The largest absolute Gasteiger partial charge is 0.207 e. The summed E-state index contributed by atoms with van der Waals surface area (Å²) >= 11 is 0. The summed E-state index contributed by atoms with van der Waals surface area (Å²) in [6.07, 6.45) is 6.81. The SMILES string of the molecule is CC(C)(C)/C=C/C1=C(c2ccc(F)cc2)CC(C)(C)CC1(C)C. The van der Waals surface area contributed by atoms with Crippen LogP contribution in [0, 0.1) is 22.1 Å². The highest BCUT2D eigenvalue weighted by atomic mass is 19.1. The first-order chi connectivity index (χ1) is 10.4. The normalized spacial score (nSPS) is 21.0. The zero-order chi connectivity index (χ0) is 17.5. The fraction of sp³-hybridized carbons (Fsp3) is 0.545. The average Bonchev–Trinajstić information content (AvgIpc) is 2.34. The van der Waals surface area contributed by atoms with E-state index in [1.807, 2.05) is 12.1 Å². The molecule has 0 nitrogen and oxygen atoms in total. The summed E-state index contributed by atoms with van der Waals surface area (Å²) in [6.45, 7) is 16.0. The Kier molecular flexibility index (Phi) is 4.63. The Morgan fingerprint density at radius 3 is 2.09 bits per heavy atom. The van der Waals surface area contributed by atoms with E-state index in [-0.39, 0.29) is 22.1 Å². The molecule has 0 saturated carbocycles. The highest BCUT2D eigenvalue weighted by molar-refractivity contribution is 5.73. The van der Waals surface area contributed by atoms with Crippen LogP contribution >= 0.6 is 0 Å². The molecular weight excluding hydrogens is 283 g/mol. The minimum atomic E-state index is -0.171. The molecule has 0 fully saturated rings. The van der Waals surface area contributed by atoms with E-state index in [1.54, 1.807) is 12.1 Å². The molecule has 126 valence electrons. The van der Waals surface area contributed by atoms with Crippen molar-refractivity contribution in [3.63, 3.8) is 0 Å². The van der Waals surface area contributed by atoms with Gasteiger partial charge in [-0.3, -0.25) is 0 Å². The maximum Gasteiger partial charge on any atom is 0.123 e. The van der Waals surface area contributed by atoms with Crippen LogP contribution in [0.2, 0.25) is 0 Å². The summed E-state index contributed by atoms with van der Waals surface area (Å²) < 4.78 is 13.3. The monoisotopic (exact) mass is 314 g/mol. The van der Waals surface area contributed by atoms with Gasteiger partial charge in [-0.2, -0.15) is 0 Å². The molecule has 23 heavy (non-hydrogen) atoms. The molecule has 1 aromatic carbocycles. The molecule has 1 aromatic rings. The van der Waals surface area contributed by atoms with Gasteiger partial charge in [-0.15, -0.1) is 0 Å². The summed E-state index contributed by atoms with van der Waals surface area (Å²) in [4.78, 5) is 0. The van der Waals surface area contributed by atoms with E-state index in [0.29, 0.717) is 0 Å². The number of hydrogen-bond donors (Lipinski definition) is 0. The van der Waals surface area contributed by atoms with Crippen molar-refractivity contribution in [1.82, 2.24) is 0 Å². The molecule has 0 aromatic heterocycles. The van der Waals surface area contributed by atoms with Gasteiger partial charge in [0.1, 0.15) is 5.82 Å². The first-order valence-corrected chi connectivity index (χ1v) is 8.59. The second kappa shape index (κ2) is 5.92. The molecule has 0 heterocycles. The van der Waals surface area contributed by atoms with Crippen molar-refractivity contribution in [2.24, 2.45) is 16.2 Å². The molecular formula is C22H31F. The predicted octanol–water partition coefficient (Wildman–Crippen LogP) is 7.03.